The third-order valence-corrected chi connectivity index (χ3v) is 5.24. The molecule has 2 aromatic carbocycles. The molecule has 0 saturated heterocycles. The van der Waals surface area contributed by atoms with Gasteiger partial charge in [0.25, 0.3) is 5.91 Å². The molecule has 11 heteroatoms. The first-order valence-electron chi connectivity index (χ1n) is 9.51. The van der Waals surface area contributed by atoms with Gasteiger partial charge < -0.3 is 15.4 Å². The van der Waals surface area contributed by atoms with Crippen molar-refractivity contribution < 1.29 is 22.4 Å². The van der Waals surface area contributed by atoms with Crippen molar-refractivity contribution in [1.29, 1.82) is 0 Å². The molecule has 3 aromatic rings. The van der Waals surface area contributed by atoms with Crippen molar-refractivity contribution in [2.75, 3.05) is 23.3 Å². The van der Waals surface area contributed by atoms with E-state index in [0.717, 1.165) is 5.56 Å². The van der Waals surface area contributed by atoms with Gasteiger partial charge in [-0.2, -0.15) is 13.2 Å². The van der Waals surface area contributed by atoms with Gasteiger partial charge in [0.15, 0.2) is 0 Å². The smallest absolute Gasteiger partial charge is 0.373 e. The molecular weight excluding hydrogens is 446 g/mol. The van der Waals surface area contributed by atoms with Crippen LogP contribution >= 0.6 is 11.9 Å². The molecule has 1 atom stereocenters. The summed E-state index contributed by atoms with van der Waals surface area (Å²) in [5, 5.41) is 5.59. The highest BCUT2D eigenvalue weighted by Gasteiger charge is 2.35. The van der Waals surface area contributed by atoms with Gasteiger partial charge in [-0.25, -0.2) is 14.4 Å². The fourth-order valence-electron chi connectivity index (χ4n) is 3.20. The van der Waals surface area contributed by atoms with Crippen molar-refractivity contribution in [2.45, 2.75) is 26.1 Å². The second-order valence-electron chi connectivity index (χ2n) is 7.07. The van der Waals surface area contributed by atoms with E-state index in [1.165, 1.54) is 43.3 Å². The maximum Gasteiger partial charge on any atom is 0.451 e. The number of aromatic nitrogens is 2. The van der Waals surface area contributed by atoms with Crippen molar-refractivity contribution in [2.24, 2.45) is 0 Å². The standard InChI is InChI=1S/C21H21F4N5OS/c1-10-7-13(15(22)9-17(10)30-32-4)11(2)27-19(31)12-5-6-16-14(8-12)18(26-3)29-20(28-16)21(23,24)25/h5-9,11,30H,1-4H3,(H,27,31)(H,26,28,29). The molecule has 0 spiro atoms. The minimum atomic E-state index is -4.70. The van der Waals surface area contributed by atoms with Gasteiger partial charge in [0.2, 0.25) is 5.82 Å². The molecule has 0 aliphatic heterocycles. The molecule has 0 aliphatic rings. The van der Waals surface area contributed by atoms with Crippen molar-refractivity contribution in [3.63, 3.8) is 0 Å². The molecule has 0 bridgehead atoms. The molecule has 170 valence electrons. The van der Waals surface area contributed by atoms with E-state index in [9.17, 15) is 22.4 Å². The molecular formula is C21H21F4N5OS. The van der Waals surface area contributed by atoms with Gasteiger partial charge in [0.1, 0.15) is 11.6 Å². The predicted octanol–water partition coefficient (Wildman–Crippen LogP) is 5.32. The zero-order valence-corrected chi connectivity index (χ0v) is 18.5. The maximum absolute atomic E-state index is 14.6. The minimum Gasteiger partial charge on any atom is -0.373 e. The Bertz CT molecular complexity index is 1170. The fourth-order valence-corrected chi connectivity index (χ4v) is 3.64. The zero-order chi connectivity index (χ0) is 23.6. The summed E-state index contributed by atoms with van der Waals surface area (Å²) >= 11 is 1.34. The Labute approximate surface area is 186 Å². The van der Waals surface area contributed by atoms with Gasteiger partial charge in [0.05, 0.1) is 11.6 Å². The molecule has 3 N–H and O–H groups in total. The molecule has 3 rings (SSSR count). The maximum atomic E-state index is 14.6. The number of carbonyl (C=O) groups excluding carboxylic acids is 1. The van der Waals surface area contributed by atoms with E-state index < -0.39 is 29.8 Å². The van der Waals surface area contributed by atoms with E-state index in [1.54, 1.807) is 13.0 Å². The van der Waals surface area contributed by atoms with Crippen molar-refractivity contribution in [1.82, 2.24) is 15.3 Å². The molecule has 1 unspecified atom stereocenters. The van der Waals surface area contributed by atoms with E-state index in [-0.39, 0.29) is 22.3 Å². The molecule has 1 amide bonds. The number of nitrogens with zero attached hydrogens (tertiary/aromatic N) is 2. The van der Waals surface area contributed by atoms with E-state index in [4.69, 9.17) is 0 Å². The summed E-state index contributed by atoms with van der Waals surface area (Å²) in [7, 11) is 1.43. The fraction of sp³-hybridized carbons (Fsp3) is 0.286. The number of carbonyl (C=O) groups is 1. The van der Waals surface area contributed by atoms with Crippen LogP contribution in [0.4, 0.5) is 29.1 Å². The lowest BCUT2D eigenvalue weighted by molar-refractivity contribution is -0.144. The first-order chi connectivity index (χ1) is 15.0. The van der Waals surface area contributed by atoms with Crippen LogP contribution in [0.5, 0.6) is 0 Å². The van der Waals surface area contributed by atoms with Crippen LogP contribution in [0.2, 0.25) is 0 Å². The first kappa shape index (κ1) is 23.6. The minimum absolute atomic E-state index is 0.0415. The van der Waals surface area contributed by atoms with E-state index in [0.29, 0.717) is 11.3 Å². The monoisotopic (exact) mass is 467 g/mol. The third kappa shape index (κ3) is 4.87. The number of alkyl halides is 3. The lowest BCUT2D eigenvalue weighted by Gasteiger charge is -2.18. The summed E-state index contributed by atoms with van der Waals surface area (Å²) in [5.41, 5.74) is 2.00. The topological polar surface area (TPSA) is 78.9 Å². The van der Waals surface area contributed by atoms with Crippen LogP contribution in [0.3, 0.4) is 0 Å². The summed E-state index contributed by atoms with van der Waals surface area (Å²) in [5.74, 6) is -2.30. The third-order valence-electron chi connectivity index (χ3n) is 4.82. The number of amides is 1. The Balaban J connectivity index is 1.89. The van der Waals surface area contributed by atoms with Crippen LogP contribution in [-0.4, -0.2) is 29.2 Å². The van der Waals surface area contributed by atoms with Gasteiger partial charge in [-0.3, -0.25) is 4.79 Å². The Morgan fingerprint density at radius 1 is 1.16 bits per heavy atom. The molecule has 0 radical (unpaired) electrons. The van der Waals surface area contributed by atoms with Crippen LogP contribution in [0.15, 0.2) is 30.3 Å². The lowest BCUT2D eigenvalue weighted by Crippen LogP contribution is -2.27. The second kappa shape index (κ2) is 9.19. The molecule has 6 nitrogen and oxygen atoms in total. The number of halogens is 4. The molecule has 1 aromatic heterocycles. The van der Waals surface area contributed by atoms with Gasteiger partial charge in [-0.1, -0.05) is 11.9 Å². The van der Waals surface area contributed by atoms with E-state index in [1.807, 2.05) is 13.2 Å². The van der Waals surface area contributed by atoms with Crippen molar-refractivity contribution in [3.05, 3.63) is 58.7 Å². The zero-order valence-electron chi connectivity index (χ0n) is 17.7. The summed E-state index contributed by atoms with van der Waals surface area (Å²) in [4.78, 5) is 19.8. The van der Waals surface area contributed by atoms with Gasteiger partial charge >= 0.3 is 6.18 Å². The lowest BCUT2D eigenvalue weighted by atomic mass is 10.0. The SMILES string of the molecule is CNc1nc(C(F)(F)F)nc2ccc(C(=O)NC(C)c3cc(C)c(NSC)cc3F)cc12. The summed E-state index contributed by atoms with van der Waals surface area (Å²) in [6, 6.07) is 6.47. The number of nitrogens with one attached hydrogen (secondary N) is 3. The largest absolute Gasteiger partial charge is 0.451 e. The molecule has 0 fully saturated rings. The first-order valence-corrected chi connectivity index (χ1v) is 10.7. The highest BCUT2D eigenvalue weighted by atomic mass is 32.2. The number of rotatable bonds is 6. The number of aryl methyl sites for hydroxylation is 1. The van der Waals surface area contributed by atoms with E-state index >= 15 is 0 Å². The van der Waals surface area contributed by atoms with Crippen LogP contribution in [0.25, 0.3) is 10.9 Å². The summed E-state index contributed by atoms with van der Waals surface area (Å²) in [6.45, 7) is 3.48. The van der Waals surface area contributed by atoms with Crippen molar-refractivity contribution in [3.8, 4) is 0 Å². The Morgan fingerprint density at radius 3 is 2.50 bits per heavy atom. The molecule has 0 aliphatic carbocycles. The number of fused-ring (bicyclic) bond motifs is 1. The van der Waals surface area contributed by atoms with Gasteiger partial charge in [0, 0.05) is 35.5 Å². The van der Waals surface area contributed by atoms with E-state index in [2.05, 4.69) is 25.3 Å². The predicted molar refractivity (Wildman–Crippen MR) is 118 cm³/mol. The Kier molecular flexibility index (Phi) is 6.77. The highest BCUT2D eigenvalue weighted by molar-refractivity contribution is 7.99. The average molecular weight is 467 g/mol. The normalized spacial score (nSPS) is 12.5. The number of anilines is 2. The Hall–Kier alpha value is -3.08. The molecule has 32 heavy (non-hydrogen) atoms. The Morgan fingerprint density at radius 2 is 1.88 bits per heavy atom. The van der Waals surface area contributed by atoms with Crippen LogP contribution in [0.1, 0.15) is 40.3 Å². The van der Waals surface area contributed by atoms with Gasteiger partial charge in [-0.15, -0.1) is 0 Å². The van der Waals surface area contributed by atoms with Crippen LogP contribution < -0.4 is 15.4 Å². The number of hydrogen-bond donors (Lipinski definition) is 3. The summed E-state index contributed by atoms with van der Waals surface area (Å²) < 4.78 is 56.6. The van der Waals surface area contributed by atoms with Crippen LogP contribution in [0, 0.1) is 12.7 Å². The average Bonchev–Trinajstić information content (AvgIpc) is 2.74. The van der Waals surface area contributed by atoms with Crippen LogP contribution in [-0.2, 0) is 6.18 Å². The van der Waals surface area contributed by atoms with Gasteiger partial charge in [-0.05, 0) is 49.7 Å². The molecule has 1 heterocycles. The second-order valence-corrected chi connectivity index (χ2v) is 7.68. The molecule has 0 saturated carbocycles. The van der Waals surface area contributed by atoms with Crippen molar-refractivity contribution >= 4 is 40.3 Å². The summed E-state index contributed by atoms with van der Waals surface area (Å²) in [6.07, 6.45) is -2.87. The number of hydrogen-bond acceptors (Lipinski definition) is 6. The number of benzene rings is 2. The highest BCUT2D eigenvalue weighted by Crippen LogP contribution is 2.31. The quantitative estimate of drug-likeness (QED) is 0.337.